The average Bonchev–Trinajstić information content (AvgIpc) is 3.47. The zero-order chi connectivity index (χ0) is 20.3. The highest BCUT2D eigenvalue weighted by Gasteiger charge is 2.26. The molecule has 1 unspecified atom stereocenters. The summed E-state index contributed by atoms with van der Waals surface area (Å²) < 4.78 is 13.0. The van der Waals surface area contributed by atoms with Gasteiger partial charge in [0.2, 0.25) is 0 Å². The second-order valence-electron chi connectivity index (χ2n) is 6.56. The molecular formula is C19H18FN3O5. The first-order valence-electron chi connectivity index (χ1n) is 8.66. The van der Waals surface area contributed by atoms with E-state index in [1.807, 2.05) is 0 Å². The van der Waals surface area contributed by atoms with Gasteiger partial charge in [0.15, 0.2) is 0 Å². The lowest BCUT2D eigenvalue weighted by Crippen LogP contribution is -2.31. The molecule has 0 spiro atoms. The van der Waals surface area contributed by atoms with Gasteiger partial charge < -0.3 is 15.7 Å². The van der Waals surface area contributed by atoms with Crippen molar-refractivity contribution >= 4 is 23.3 Å². The second kappa shape index (κ2) is 8.03. The Balaban J connectivity index is 1.72. The van der Waals surface area contributed by atoms with Gasteiger partial charge in [0.1, 0.15) is 11.5 Å². The lowest BCUT2D eigenvalue weighted by Gasteiger charge is -2.14. The first-order valence-corrected chi connectivity index (χ1v) is 8.66. The summed E-state index contributed by atoms with van der Waals surface area (Å²) in [6, 6.07) is 9.25. The lowest BCUT2D eigenvalue weighted by molar-refractivity contribution is -0.384. The van der Waals surface area contributed by atoms with E-state index in [9.17, 15) is 29.2 Å². The summed E-state index contributed by atoms with van der Waals surface area (Å²) in [7, 11) is 0. The zero-order valence-electron chi connectivity index (χ0n) is 14.7. The number of anilines is 1. The van der Waals surface area contributed by atoms with Crippen LogP contribution in [0.25, 0.3) is 0 Å². The number of nitro benzene ring substituents is 1. The molecule has 2 aromatic rings. The van der Waals surface area contributed by atoms with E-state index in [4.69, 9.17) is 0 Å². The van der Waals surface area contributed by atoms with E-state index >= 15 is 0 Å². The number of benzene rings is 2. The molecule has 1 amide bonds. The van der Waals surface area contributed by atoms with E-state index < -0.39 is 28.5 Å². The summed E-state index contributed by atoms with van der Waals surface area (Å²) in [6.45, 7) is -0.240. The van der Waals surface area contributed by atoms with Crippen LogP contribution in [0, 0.1) is 15.9 Å². The number of rotatable bonds is 8. The van der Waals surface area contributed by atoms with Crippen LogP contribution in [0.5, 0.6) is 0 Å². The molecule has 3 N–H and O–H groups in total. The van der Waals surface area contributed by atoms with Crippen LogP contribution in [-0.2, 0) is 4.79 Å². The van der Waals surface area contributed by atoms with E-state index in [0.29, 0.717) is 11.3 Å². The number of carboxylic acid groups (broad SMARTS) is 1. The normalized spacial score (nSPS) is 14.2. The van der Waals surface area contributed by atoms with Gasteiger partial charge in [0.05, 0.1) is 10.8 Å². The van der Waals surface area contributed by atoms with Crippen LogP contribution in [0.4, 0.5) is 15.8 Å². The van der Waals surface area contributed by atoms with E-state index in [2.05, 4.69) is 10.6 Å². The monoisotopic (exact) mass is 387 g/mol. The summed E-state index contributed by atoms with van der Waals surface area (Å²) >= 11 is 0. The number of halogens is 1. The molecule has 9 heteroatoms. The van der Waals surface area contributed by atoms with Crippen molar-refractivity contribution in [2.45, 2.75) is 24.8 Å². The van der Waals surface area contributed by atoms with Crippen molar-refractivity contribution in [2.24, 2.45) is 0 Å². The molecule has 0 bridgehead atoms. The van der Waals surface area contributed by atoms with Crippen LogP contribution >= 0.6 is 0 Å². The van der Waals surface area contributed by atoms with Crippen molar-refractivity contribution in [3.05, 3.63) is 69.5 Å². The Morgan fingerprint density at radius 3 is 2.46 bits per heavy atom. The molecule has 146 valence electrons. The predicted octanol–water partition coefficient (Wildman–Crippen LogP) is 2.91. The van der Waals surface area contributed by atoms with Crippen molar-refractivity contribution in [1.82, 2.24) is 5.32 Å². The van der Waals surface area contributed by atoms with Gasteiger partial charge in [-0.25, -0.2) is 4.39 Å². The Morgan fingerprint density at radius 2 is 1.89 bits per heavy atom. The van der Waals surface area contributed by atoms with Crippen LogP contribution in [0.2, 0.25) is 0 Å². The van der Waals surface area contributed by atoms with Crippen LogP contribution in [0.1, 0.15) is 34.7 Å². The Hall–Kier alpha value is -3.49. The third kappa shape index (κ3) is 4.61. The quantitative estimate of drug-likeness (QED) is 0.473. The Kier molecular flexibility index (Phi) is 5.53. The first-order chi connectivity index (χ1) is 13.3. The summed E-state index contributed by atoms with van der Waals surface area (Å²) in [5.41, 5.74) is 0.520. The highest BCUT2D eigenvalue weighted by Crippen LogP contribution is 2.31. The highest BCUT2D eigenvalue weighted by molar-refractivity contribution is 5.96. The summed E-state index contributed by atoms with van der Waals surface area (Å²) in [5.74, 6) is -3.38. The number of aliphatic carboxylic acids is 1. The van der Waals surface area contributed by atoms with Gasteiger partial charge in [0, 0.05) is 24.2 Å². The van der Waals surface area contributed by atoms with Gasteiger partial charge in [-0.1, -0.05) is 12.1 Å². The zero-order valence-corrected chi connectivity index (χ0v) is 14.7. The van der Waals surface area contributed by atoms with Crippen LogP contribution < -0.4 is 10.6 Å². The molecular weight excluding hydrogens is 369 g/mol. The largest absolute Gasteiger partial charge is 0.481 e. The molecule has 8 nitrogen and oxygen atoms in total. The maximum atomic E-state index is 13.0. The number of hydrogen-bond donors (Lipinski definition) is 3. The lowest BCUT2D eigenvalue weighted by atomic mass is 9.99. The molecule has 1 aliphatic rings. The molecule has 1 atom stereocenters. The van der Waals surface area contributed by atoms with Crippen molar-refractivity contribution in [2.75, 3.05) is 11.9 Å². The average molecular weight is 387 g/mol. The molecule has 0 aromatic heterocycles. The molecule has 0 saturated heterocycles. The topological polar surface area (TPSA) is 122 Å². The maximum absolute atomic E-state index is 13.0. The van der Waals surface area contributed by atoms with Gasteiger partial charge in [-0.15, -0.1) is 0 Å². The number of carbonyl (C=O) groups excluding carboxylic acids is 1. The minimum Gasteiger partial charge on any atom is -0.481 e. The van der Waals surface area contributed by atoms with Gasteiger partial charge in [-0.2, -0.15) is 0 Å². The van der Waals surface area contributed by atoms with Crippen molar-refractivity contribution in [3.8, 4) is 0 Å². The molecule has 1 saturated carbocycles. The highest BCUT2D eigenvalue weighted by atomic mass is 19.1. The summed E-state index contributed by atoms with van der Waals surface area (Å²) in [4.78, 5) is 34.6. The number of amides is 1. The van der Waals surface area contributed by atoms with Crippen molar-refractivity contribution in [3.63, 3.8) is 0 Å². The van der Waals surface area contributed by atoms with Gasteiger partial charge in [0.25, 0.3) is 11.6 Å². The standard InChI is InChI=1S/C19H18FN3O5/c20-13-4-1-11(2-5-13)15(19(25)26)10-21-18(24)12-3-8-16(22-14-6-7-14)17(9-12)23(27)28/h1-5,8-9,14-15,22H,6-7,10H2,(H,21,24)(H,25,26). The number of hydrogen-bond acceptors (Lipinski definition) is 5. The molecule has 0 radical (unpaired) electrons. The Bertz CT molecular complexity index is 912. The minimum absolute atomic E-state index is 0.0521. The van der Waals surface area contributed by atoms with Gasteiger partial charge in [-0.3, -0.25) is 19.7 Å². The molecule has 28 heavy (non-hydrogen) atoms. The number of nitrogens with zero attached hydrogens (tertiary/aromatic N) is 1. The molecule has 0 heterocycles. The maximum Gasteiger partial charge on any atom is 0.312 e. The van der Waals surface area contributed by atoms with Gasteiger partial charge in [-0.05, 0) is 42.7 Å². The van der Waals surface area contributed by atoms with E-state index in [1.54, 1.807) is 0 Å². The molecule has 2 aromatic carbocycles. The SMILES string of the molecule is O=C(NCC(C(=O)O)c1ccc(F)cc1)c1ccc(NC2CC2)c([N+](=O)[O-])c1. The molecule has 1 aliphatic carbocycles. The molecule has 1 fully saturated rings. The molecule has 3 rings (SSSR count). The number of nitrogens with one attached hydrogen (secondary N) is 2. The fraction of sp³-hybridized carbons (Fsp3) is 0.263. The predicted molar refractivity (Wildman–Crippen MR) is 98.9 cm³/mol. The summed E-state index contributed by atoms with van der Waals surface area (Å²) in [6.07, 6.45) is 1.89. The van der Waals surface area contributed by atoms with Crippen molar-refractivity contribution in [1.29, 1.82) is 0 Å². The fourth-order valence-corrected chi connectivity index (χ4v) is 2.73. The summed E-state index contributed by atoms with van der Waals surface area (Å²) in [5, 5.41) is 26.2. The van der Waals surface area contributed by atoms with E-state index in [0.717, 1.165) is 31.0 Å². The van der Waals surface area contributed by atoms with Crippen molar-refractivity contribution < 1.29 is 24.0 Å². The van der Waals surface area contributed by atoms with E-state index in [-0.39, 0.29) is 23.8 Å². The number of carboxylic acids is 1. The van der Waals surface area contributed by atoms with Gasteiger partial charge >= 0.3 is 5.97 Å². The molecule has 0 aliphatic heterocycles. The Morgan fingerprint density at radius 1 is 1.21 bits per heavy atom. The third-order valence-electron chi connectivity index (χ3n) is 4.43. The van der Waals surface area contributed by atoms with Crippen LogP contribution in [0.15, 0.2) is 42.5 Å². The number of nitro groups is 1. The third-order valence-corrected chi connectivity index (χ3v) is 4.43. The smallest absolute Gasteiger partial charge is 0.312 e. The fourth-order valence-electron chi connectivity index (χ4n) is 2.73. The first kappa shape index (κ1) is 19.3. The van der Waals surface area contributed by atoms with Crippen LogP contribution in [-0.4, -0.2) is 34.5 Å². The van der Waals surface area contributed by atoms with E-state index in [1.165, 1.54) is 24.3 Å². The minimum atomic E-state index is -1.18. The number of carbonyl (C=O) groups is 2. The Labute approximate surface area is 159 Å². The second-order valence-corrected chi connectivity index (χ2v) is 6.56. The van der Waals surface area contributed by atoms with Crippen LogP contribution in [0.3, 0.4) is 0 Å².